The van der Waals surface area contributed by atoms with Gasteiger partial charge in [-0.15, -0.1) is 10.2 Å². The Hall–Kier alpha value is -2.39. The first-order valence-corrected chi connectivity index (χ1v) is 11.6. The second-order valence-electron chi connectivity index (χ2n) is 8.44. The van der Waals surface area contributed by atoms with Gasteiger partial charge >= 0.3 is 0 Å². The molecule has 1 N–H and O–H groups in total. The van der Waals surface area contributed by atoms with Gasteiger partial charge < -0.3 is 19.7 Å². The van der Waals surface area contributed by atoms with E-state index in [1.807, 2.05) is 61.6 Å². The molecule has 0 radical (unpaired) electrons. The highest BCUT2D eigenvalue weighted by Gasteiger charge is 2.26. The molecule has 1 aromatic carbocycles. The molecule has 9 heteroatoms. The first-order chi connectivity index (χ1) is 14.8. The topological polar surface area (TPSA) is 83.4 Å². The zero-order chi connectivity index (χ0) is 22.5. The number of piperazine rings is 1. The van der Waals surface area contributed by atoms with Crippen molar-refractivity contribution in [1.29, 1.82) is 0 Å². The molecule has 1 saturated heterocycles. The number of nitrogens with zero attached hydrogens (tertiary/aromatic N) is 5. The molecule has 1 aliphatic rings. The van der Waals surface area contributed by atoms with Crippen LogP contribution in [0.25, 0.3) is 0 Å². The lowest BCUT2D eigenvalue weighted by Crippen LogP contribution is -2.47. The van der Waals surface area contributed by atoms with Gasteiger partial charge in [0.05, 0.1) is 11.8 Å². The first kappa shape index (κ1) is 23.3. The van der Waals surface area contributed by atoms with Crippen molar-refractivity contribution in [3.8, 4) is 0 Å². The molecule has 8 nitrogen and oxygen atoms in total. The van der Waals surface area contributed by atoms with E-state index >= 15 is 0 Å². The number of carbonyl (C=O) groups is 2. The zero-order valence-corrected chi connectivity index (χ0v) is 19.8. The molecule has 1 aromatic heterocycles. The van der Waals surface area contributed by atoms with Crippen molar-refractivity contribution >= 4 is 23.6 Å². The summed E-state index contributed by atoms with van der Waals surface area (Å²) in [5.74, 6) is 1.13. The molecule has 0 aliphatic carbocycles. The highest BCUT2D eigenvalue weighted by molar-refractivity contribution is 7.99. The van der Waals surface area contributed by atoms with E-state index in [9.17, 15) is 9.59 Å². The second-order valence-corrected chi connectivity index (χ2v) is 9.38. The van der Waals surface area contributed by atoms with Crippen LogP contribution < -0.4 is 5.32 Å². The standard InChI is InChI=1S/C22H32N6O2S/c1-15(2)19(23-21(30)17-8-6-7-16(3)13-17)20-24-25-22(27(20)5)31-14-18(29)28-11-9-26(4)10-12-28/h6-8,13,15,19H,9-12,14H2,1-5H3,(H,23,30)/t19-/m0/s1. The Labute approximate surface area is 188 Å². The molecule has 0 unspecified atom stereocenters. The van der Waals surface area contributed by atoms with Gasteiger partial charge in [-0.25, -0.2) is 0 Å². The fraction of sp³-hybridized carbons (Fsp3) is 0.545. The van der Waals surface area contributed by atoms with Crippen molar-refractivity contribution in [2.75, 3.05) is 39.0 Å². The summed E-state index contributed by atoms with van der Waals surface area (Å²) < 4.78 is 1.88. The van der Waals surface area contributed by atoms with Crippen LogP contribution in [0.4, 0.5) is 0 Å². The van der Waals surface area contributed by atoms with E-state index in [1.165, 1.54) is 11.8 Å². The van der Waals surface area contributed by atoms with Gasteiger partial charge in [-0.3, -0.25) is 9.59 Å². The predicted octanol–water partition coefficient (Wildman–Crippen LogP) is 2.12. The van der Waals surface area contributed by atoms with Gasteiger partial charge in [0.15, 0.2) is 11.0 Å². The summed E-state index contributed by atoms with van der Waals surface area (Å²) in [6, 6.07) is 7.24. The number of aromatic nitrogens is 3. The van der Waals surface area contributed by atoms with Crippen LogP contribution >= 0.6 is 11.8 Å². The highest BCUT2D eigenvalue weighted by Crippen LogP contribution is 2.25. The largest absolute Gasteiger partial charge is 0.342 e. The summed E-state index contributed by atoms with van der Waals surface area (Å²) >= 11 is 1.39. The van der Waals surface area contributed by atoms with Crippen LogP contribution in [-0.2, 0) is 11.8 Å². The third kappa shape index (κ3) is 5.86. The van der Waals surface area contributed by atoms with Crippen molar-refractivity contribution in [3.05, 3.63) is 41.2 Å². The fourth-order valence-corrected chi connectivity index (χ4v) is 4.36. The van der Waals surface area contributed by atoms with Crippen LogP contribution in [0.3, 0.4) is 0 Å². The number of carbonyl (C=O) groups excluding carboxylic acids is 2. The number of hydrogen-bond donors (Lipinski definition) is 1. The van der Waals surface area contributed by atoms with Crippen molar-refractivity contribution < 1.29 is 9.59 Å². The van der Waals surface area contributed by atoms with Gasteiger partial charge in [0, 0.05) is 38.8 Å². The maximum Gasteiger partial charge on any atom is 0.251 e. The lowest BCUT2D eigenvalue weighted by molar-refractivity contribution is -0.129. The summed E-state index contributed by atoms with van der Waals surface area (Å²) in [6.45, 7) is 9.38. The summed E-state index contributed by atoms with van der Waals surface area (Å²) in [5, 5.41) is 12.4. The van der Waals surface area contributed by atoms with Crippen LogP contribution in [0.15, 0.2) is 29.4 Å². The van der Waals surface area contributed by atoms with Gasteiger partial charge in [-0.2, -0.15) is 0 Å². The van der Waals surface area contributed by atoms with E-state index in [2.05, 4.69) is 27.5 Å². The van der Waals surface area contributed by atoms with Gasteiger partial charge in [-0.05, 0) is 32.0 Å². The normalized spacial score (nSPS) is 15.9. The monoisotopic (exact) mass is 444 g/mol. The molecule has 0 saturated carbocycles. The Kier molecular flexibility index (Phi) is 7.72. The quantitative estimate of drug-likeness (QED) is 0.659. The Morgan fingerprint density at radius 2 is 1.84 bits per heavy atom. The minimum absolute atomic E-state index is 0.121. The average molecular weight is 445 g/mol. The Morgan fingerprint density at radius 3 is 2.48 bits per heavy atom. The van der Waals surface area contributed by atoms with Gasteiger partial charge in [0.1, 0.15) is 0 Å². The van der Waals surface area contributed by atoms with E-state index in [4.69, 9.17) is 0 Å². The number of rotatable bonds is 7. The molecule has 1 fully saturated rings. The van der Waals surface area contributed by atoms with Crippen LogP contribution in [0, 0.1) is 12.8 Å². The summed E-state index contributed by atoms with van der Waals surface area (Å²) in [6.07, 6.45) is 0. The van der Waals surface area contributed by atoms with Crippen molar-refractivity contribution in [1.82, 2.24) is 29.9 Å². The van der Waals surface area contributed by atoms with Crippen LogP contribution in [-0.4, -0.2) is 75.4 Å². The summed E-state index contributed by atoms with van der Waals surface area (Å²) in [7, 11) is 3.95. The molecule has 0 bridgehead atoms. The number of likely N-dealkylation sites (N-methyl/N-ethyl adjacent to an activating group) is 1. The number of nitrogens with one attached hydrogen (secondary N) is 1. The van der Waals surface area contributed by atoms with E-state index < -0.39 is 0 Å². The number of thioether (sulfide) groups is 1. The molecule has 0 spiro atoms. The summed E-state index contributed by atoms with van der Waals surface area (Å²) in [5.41, 5.74) is 1.66. The Morgan fingerprint density at radius 1 is 1.13 bits per heavy atom. The van der Waals surface area contributed by atoms with Gasteiger partial charge in [-0.1, -0.05) is 43.3 Å². The minimum atomic E-state index is -0.284. The molecule has 31 heavy (non-hydrogen) atoms. The highest BCUT2D eigenvalue weighted by atomic mass is 32.2. The second kappa shape index (κ2) is 10.3. The van der Waals surface area contributed by atoms with E-state index in [0.717, 1.165) is 31.7 Å². The molecular weight excluding hydrogens is 412 g/mol. The molecule has 1 atom stereocenters. The van der Waals surface area contributed by atoms with Gasteiger partial charge in [0.25, 0.3) is 5.91 Å². The third-order valence-corrected chi connectivity index (χ3v) is 6.57. The minimum Gasteiger partial charge on any atom is -0.342 e. The predicted molar refractivity (Wildman–Crippen MR) is 122 cm³/mol. The first-order valence-electron chi connectivity index (χ1n) is 10.6. The van der Waals surface area contributed by atoms with E-state index in [0.29, 0.717) is 22.3 Å². The van der Waals surface area contributed by atoms with Crippen molar-refractivity contribution in [3.63, 3.8) is 0 Å². The smallest absolute Gasteiger partial charge is 0.251 e. The van der Waals surface area contributed by atoms with Crippen LogP contribution in [0.1, 0.15) is 41.6 Å². The molecule has 3 rings (SSSR count). The maximum absolute atomic E-state index is 12.8. The van der Waals surface area contributed by atoms with E-state index in [-0.39, 0.29) is 23.8 Å². The van der Waals surface area contributed by atoms with Crippen LogP contribution in [0.2, 0.25) is 0 Å². The van der Waals surface area contributed by atoms with Crippen molar-refractivity contribution in [2.24, 2.45) is 13.0 Å². The Bertz CT molecular complexity index is 920. The summed E-state index contributed by atoms with van der Waals surface area (Å²) in [4.78, 5) is 29.5. The molecule has 168 valence electrons. The number of benzene rings is 1. The third-order valence-electron chi connectivity index (χ3n) is 5.56. The Balaban J connectivity index is 1.66. The SMILES string of the molecule is Cc1cccc(C(=O)N[C@H](c2nnc(SCC(=O)N3CCN(C)CC3)n2C)C(C)C)c1. The van der Waals surface area contributed by atoms with Crippen molar-refractivity contribution in [2.45, 2.75) is 32.0 Å². The molecule has 2 heterocycles. The fourth-order valence-electron chi connectivity index (χ4n) is 3.54. The number of amides is 2. The lowest BCUT2D eigenvalue weighted by atomic mass is 10.0. The molecule has 2 amide bonds. The zero-order valence-electron chi connectivity index (χ0n) is 19.0. The van der Waals surface area contributed by atoms with Crippen LogP contribution in [0.5, 0.6) is 0 Å². The molecule has 1 aliphatic heterocycles. The molecular formula is C22H32N6O2S. The van der Waals surface area contributed by atoms with E-state index in [1.54, 1.807) is 0 Å². The maximum atomic E-state index is 12.8. The number of hydrogen-bond acceptors (Lipinski definition) is 6. The van der Waals surface area contributed by atoms with Gasteiger partial charge in [0.2, 0.25) is 5.91 Å². The molecule has 2 aromatic rings. The number of aryl methyl sites for hydroxylation is 1. The lowest BCUT2D eigenvalue weighted by Gasteiger charge is -2.32. The average Bonchev–Trinajstić information content (AvgIpc) is 3.10.